The van der Waals surface area contributed by atoms with Crippen molar-refractivity contribution in [3.05, 3.63) is 15.9 Å². The molecule has 1 aliphatic carbocycles. The SMILES string of the molecule is CC(CC1CC1)NS(=O)(=O)c1sccc1Br. The zero-order valence-corrected chi connectivity index (χ0v) is 12.2. The summed E-state index contributed by atoms with van der Waals surface area (Å²) in [5.41, 5.74) is 0. The number of thiophene rings is 1. The monoisotopic (exact) mass is 323 g/mol. The van der Waals surface area contributed by atoms with Crippen molar-refractivity contribution in [2.75, 3.05) is 0 Å². The first-order chi connectivity index (χ1) is 7.49. The normalized spacial score (nSPS) is 18.6. The average molecular weight is 324 g/mol. The van der Waals surface area contributed by atoms with Gasteiger partial charge in [0.1, 0.15) is 4.21 Å². The van der Waals surface area contributed by atoms with E-state index in [4.69, 9.17) is 0 Å². The fourth-order valence-corrected chi connectivity index (χ4v) is 5.30. The van der Waals surface area contributed by atoms with Gasteiger partial charge in [0.25, 0.3) is 10.0 Å². The van der Waals surface area contributed by atoms with E-state index < -0.39 is 10.0 Å². The van der Waals surface area contributed by atoms with Crippen molar-refractivity contribution in [1.82, 2.24) is 4.72 Å². The predicted molar refractivity (Wildman–Crippen MR) is 69.1 cm³/mol. The first-order valence-corrected chi connectivity index (χ1v) is 8.40. The van der Waals surface area contributed by atoms with Gasteiger partial charge >= 0.3 is 0 Å². The highest BCUT2D eigenvalue weighted by molar-refractivity contribution is 9.10. The quantitative estimate of drug-likeness (QED) is 0.905. The van der Waals surface area contributed by atoms with Gasteiger partial charge < -0.3 is 0 Å². The predicted octanol–water partition coefficient (Wildman–Crippen LogP) is 2.98. The second-order valence-electron chi connectivity index (χ2n) is 4.26. The Balaban J connectivity index is 2.04. The third-order valence-corrected chi connectivity index (χ3v) is 6.83. The molecule has 1 atom stereocenters. The van der Waals surface area contributed by atoms with E-state index in [0.29, 0.717) is 8.68 Å². The molecule has 1 unspecified atom stereocenters. The molecule has 0 aromatic carbocycles. The van der Waals surface area contributed by atoms with Crippen molar-refractivity contribution >= 4 is 37.3 Å². The Kier molecular flexibility index (Phi) is 3.73. The Bertz CT molecular complexity index is 465. The molecule has 1 aromatic heterocycles. The Labute approximate surface area is 108 Å². The molecule has 1 aromatic rings. The van der Waals surface area contributed by atoms with Gasteiger partial charge in [-0.3, -0.25) is 0 Å². The summed E-state index contributed by atoms with van der Waals surface area (Å²) >= 11 is 4.48. The van der Waals surface area contributed by atoms with Gasteiger partial charge in [-0.2, -0.15) is 0 Å². The van der Waals surface area contributed by atoms with Crippen LogP contribution in [-0.2, 0) is 10.0 Å². The summed E-state index contributed by atoms with van der Waals surface area (Å²) in [7, 11) is -3.34. The molecule has 2 rings (SSSR count). The van der Waals surface area contributed by atoms with Crippen LogP contribution in [0.25, 0.3) is 0 Å². The number of rotatable bonds is 5. The van der Waals surface area contributed by atoms with E-state index in [9.17, 15) is 8.42 Å². The Morgan fingerprint density at radius 2 is 2.31 bits per heavy atom. The fraction of sp³-hybridized carbons (Fsp3) is 0.600. The molecular weight excluding hydrogens is 310 g/mol. The standard InChI is InChI=1S/C10H14BrNO2S2/c1-7(6-8-2-3-8)12-16(13,14)10-9(11)4-5-15-10/h4-5,7-8,12H,2-3,6H2,1H3. The van der Waals surface area contributed by atoms with Crippen LogP contribution in [0.2, 0.25) is 0 Å². The largest absolute Gasteiger partial charge is 0.251 e. The summed E-state index contributed by atoms with van der Waals surface area (Å²) in [5, 5.41) is 1.77. The Morgan fingerprint density at radius 3 is 2.81 bits per heavy atom. The molecular formula is C10H14BrNO2S2. The zero-order valence-electron chi connectivity index (χ0n) is 8.94. The lowest BCUT2D eigenvalue weighted by Crippen LogP contribution is -2.32. The highest BCUT2D eigenvalue weighted by Crippen LogP contribution is 2.34. The molecule has 0 radical (unpaired) electrons. The van der Waals surface area contributed by atoms with Crippen LogP contribution in [0.4, 0.5) is 0 Å². The molecule has 16 heavy (non-hydrogen) atoms. The maximum atomic E-state index is 12.0. The smallest absolute Gasteiger partial charge is 0.208 e. The van der Waals surface area contributed by atoms with Gasteiger partial charge in [0.2, 0.25) is 0 Å². The highest BCUT2D eigenvalue weighted by Gasteiger charge is 2.27. The summed E-state index contributed by atoms with van der Waals surface area (Å²) in [4.78, 5) is 0. The van der Waals surface area contributed by atoms with Crippen molar-refractivity contribution in [1.29, 1.82) is 0 Å². The molecule has 1 fully saturated rings. The lowest BCUT2D eigenvalue weighted by atomic mass is 10.2. The summed E-state index contributed by atoms with van der Waals surface area (Å²) in [5.74, 6) is 0.726. The average Bonchev–Trinajstić information content (AvgIpc) is 2.84. The van der Waals surface area contributed by atoms with Gasteiger partial charge in [-0.05, 0) is 46.6 Å². The van der Waals surface area contributed by atoms with Crippen molar-refractivity contribution in [3.63, 3.8) is 0 Å². The summed E-state index contributed by atoms with van der Waals surface area (Å²) < 4.78 is 27.7. The zero-order chi connectivity index (χ0) is 11.8. The molecule has 1 N–H and O–H groups in total. The summed E-state index contributed by atoms with van der Waals surface area (Å²) in [6.07, 6.45) is 3.44. The van der Waals surface area contributed by atoms with E-state index in [-0.39, 0.29) is 6.04 Å². The van der Waals surface area contributed by atoms with E-state index in [0.717, 1.165) is 12.3 Å². The Hall–Kier alpha value is 0.0900. The topological polar surface area (TPSA) is 46.2 Å². The minimum atomic E-state index is -3.34. The number of halogens is 1. The first-order valence-electron chi connectivity index (χ1n) is 5.24. The van der Waals surface area contributed by atoms with Crippen LogP contribution in [0, 0.1) is 5.92 Å². The van der Waals surface area contributed by atoms with Gasteiger partial charge in [-0.1, -0.05) is 12.8 Å². The van der Waals surface area contributed by atoms with E-state index >= 15 is 0 Å². The van der Waals surface area contributed by atoms with E-state index in [2.05, 4.69) is 20.7 Å². The first kappa shape index (κ1) is 12.5. The maximum Gasteiger partial charge on any atom is 0.251 e. The number of hydrogen-bond acceptors (Lipinski definition) is 3. The molecule has 0 amide bonds. The van der Waals surface area contributed by atoms with Crippen LogP contribution in [-0.4, -0.2) is 14.5 Å². The molecule has 1 saturated carbocycles. The van der Waals surface area contributed by atoms with Crippen LogP contribution in [0.5, 0.6) is 0 Å². The van der Waals surface area contributed by atoms with E-state index in [1.807, 2.05) is 6.92 Å². The van der Waals surface area contributed by atoms with Crippen LogP contribution in [0.3, 0.4) is 0 Å². The molecule has 1 aliphatic rings. The number of hydrogen-bond donors (Lipinski definition) is 1. The maximum absolute atomic E-state index is 12.0. The second-order valence-corrected chi connectivity index (χ2v) is 7.94. The summed E-state index contributed by atoms with van der Waals surface area (Å²) in [6.45, 7) is 1.93. The third kappa shape index (κ3) is 3.06. The molecule has 6 heteroatoms. The highest BCUT2D eigenvalue weighted by atomic mass is 79.9. The van der Waals surface area contributed by atoms with E-state index in [1.54, 1.807) is 11.4 Å². The molecule has 0 saturated heterocycles. The minimum Gasteiger partial charge on any atom is -0.208 e. The Morgan fingerprint density at radius 1 is 1.62 bits per heavy atom. The van der Waals surface area contributed by atoms with E-state index in [1.165, 1.54) is 24.2 Å². The van der Waals surface area contributed by atoms with Crippen molar-refractivity contribution in [3.8, 4) is 0 Å². The molecule has 0 aliphatic heterocycles. The van der Waals surface area contributed by atoms with Gasteiger partial charge in [0.05, 0.1) is 0 Å². The summed E-state index contributed by atoms with van der Waals surface area (Å²) in [6, 6.07) is 1.77. The van der Waals surface area contributed by atoms with Gasteiger partial charge in [-0.25, -0.2) is 13.1 Å². The third-order valence-electron chi connectivity index (χ3n) is 2.57. The van der Waals surface area contributed by atoms with Gasteiger partial charge in [-0.15, -0.1) is 11.3 Å². The van der Waals surface area contributed by atoms with Crippen molar-refractivity contribution in [2.45, 2.75) is 36.4 Å². The van der Waals surface area contributed by atoms with Gasteiger partial charge in [0.15, 0.2) is 0 Å². The van der Waals surface area contributed by atoms with Crippen LogP contribution in [0.1, 0.15) is 26.2 Å². The molecule has 0 spiro atoms. The number of nitrogens with one attached hydrogen (secondary N) is 1. The molecule has 90 valence electrons. The van der Waals surface area contributed by atoms with Crippen LogP contribution >= 0.6 is 27.3 Å². The second kappa shape index (κ2) is 4.76. The minimum absolute atomic E-state index is 0.0199. The van der Waals surface area contributed by atoms with Gasteiger partial charge in [0, 0.05) is 10.5 Å². The molecule has 3 nitrogen and oxygen atoms in total. The lowest BCUT2D eigenvalue weighted by Gasteiger charge is -2.12. The van der Waals surface area contributed by atoms with Crippen LogP contribution in [0.15, 0.2) is 20.1 Å². The van der Waals surface area contributed by atoms with Crippen molar-refractivity contribution < 1.29 is 8.42 Å². The molecule has 0 bridgehead atoms. The fourth-order valence-electron chi connectivity index (χ4n) is 1.69. The van der Waals surface area contributed by atoms with Crippen molar-refractivity contribution in [2.24, 2.45) is 5.92 Å². The van der Waals surface area contributed by atoms with Crippen LogP contribution < -0.4 is 4.72 Å². The number of sulfonamides is 1. The molecule has 1 heterocycles. The lowest BCUT2D eigenvalue weighted by molar-refractivity contribution is 0.531.